The molecule has 3 aliphatic rings. The predicted molar refractivity (Wildman–Crippen MR) is 86.7 cm³/mol. The van der Waals surface area contributed by atoms with Crippen LogP contribution in [0.2, 0.25) is 0 Å². The van der Waals surface area contributed by atoms with Crippen LogP contribution in [0.15, 0.2) is 28.2 Å². The van der Waals surface area contributed by atoms with E-state index in [2.05, 4.69) is 24.8 Å². The molecule has 1 fully saturated rings. The highest BCUT2D eigenvalue weighted by atomic mass is 15.3. The Balaban J connectivity index is 1.70. The monoisotopic (exact) mass is 285 g/mol. The molecule has 1 aromatic rings. The molecule has 5 nitrogen and oxygen atoms in total. The van der Waals surface area contributed by atoms with Crippen molar-refractivity contribution in [3.63, 3.8) is 0 Å². The van der Waals surface area contributed by atoms with Gasteiger partial charge in [-0.2, -0.15) is 0 Å². The molecule has 4 bridgehead atoms. The molecule has 3 aliphatic heterocycles. The first-order valence-electron chi connectivity index (χ1n) is 7.81. The number of fused-ring (bicyclic) bond motifs is 7. The zero-order valence-electron chi connectivity index (χ0n) is 12.5. The van der Waals surface area contributed by atoms with Crippen LogP contribution in [0.3, 0.4) is 0 Å². The van der Waals surface area contributed by atoms with Crippen LogP contribution in [0.4, 0.5) is 0 Å². The summed E-state index contributed by atoms with van der Waals surface area (Å²) in [4.78, 5) is 18.6. The predicted octanol–water partition coefficient (Wildman–Crippen LogP) is 0.941. The number of hydrogen-bond acceptors (Lipinski definition) is 5. The Kier molecular flexibility index (Phi) is 5.08. The average Bonchev–Trinajstić information content (AvgIpc) is 2.52. The molecule has 0 atom stereocenters. The first-order valence-corrected chi connectivity index (χ1v) is 7.81. The molecule has 4 rings (SSSR count). The van der Waals surface area contributed by atoms with Gasteiger partial charge in [0, 0.05) is 51.7 Å². The van der Waals surface area contributed by atoms with Crippen molar-refractivity contribution in [1.82, 2.24) is 14.8 Å². The fraction of sp³-hybridized carbons (Fsp3) is 0.562. The van der Waals surface area contributed by atoms with E-state index in [1.807, 2.05) is 30.6 Å². The normalized spacial score (nSPS) is 26.9. The van der Waals surface area contributed by atoms with Gasteiger partial charge in [-0.3, -0.25) is 14.9 Å². The lowest BCUT2D eigenvalue weighted by Gasteiger charge is -2.34. The van der Waals surface area contributed by atoms with Crippen molar-refractivity contribution in [2.45, 2.75) is 6.42 Å². The maximum atomic E-state index is 4.53. The second kappa shape index (κ2) is 7.43. The van der Waals surface area contributed by atoms with E-state index < -0.39 is 0 Å². The summed E-state index contributed by atoms with van der Waals surface area (Å²) in [6.45, 7) is 8.59. The van der Waals surface area contributed by atoms with Gasteiger partial charge >= 0.3 is 0 Å². The third-order valence-corrected chi connectivity index (χ3v) is 4.01. The molecule has 0 aliphatic carbocycles. The van der Waals surface area contributed by atoms with E-state index in [9.17, 15) is 0 Å². The minimum absolute atomic E-state index is 0.847. The van der Waals surface area contributed by atoms with E-state index in [4.69, 9.17) is 0 Å². The molecular weight excluding hydrogens is 262 g/mol. The summed E-state index contributed by atoms with van der Waals surface area (Å²) in [5.74, 6) is 0. The van der Waals surface area contributed by atoms with Crippen molar-refractivity contribution in [2.24, 2.45) is 9.98 Å². The summed E-state index contributed by atoms with van der Waals surface area (Å²) in [7, 11) is 0. The molecule has 112 valence electrons. The third-order valence-electron chi connectivity index (χ3n) is 4.01. The standard InChI is InChI=1S/C16H23N5/c1-3-15-13-17-5-2-7-20-9-11-21(12-10-20)8-6-18-14-16(4-1)19-15/h1,3-4,13-14H,2,5-12H2. The number of piperazine rings is 1. The second-order valence-electron chi connectivity index (χ2n) is 5.59. The lowest BCUT2D eigenvalue weighted by atomic mass is 10.3. The minimum Gasteiger partial charge on any atom is -0.301 e. The molecule has 1 aromatic heterocycles. The highest BCUT2D eigenvalue weighted by molar-refractivity contribution is 5.81. The molecule has 0 amide bonds. The zero-order valence-corrected chi connectivity index (χ0v) is 12.5. The van der Waals surface area contributed by atoms with E-state index in [1.54, 1.807) is 0 Å². The van der Waals surface area contributed by atoms with Crippen molar-refractivity contribution >= 4 is 12.4 Å². The van der Waals surface area contributed by atoms with Crippen LogP contribution in [0.5, 0.6) is 0 Å². The molecule has 1 saturated heterocycles. The average molecular weight is 285 g/mol. The maximum absolute atomic E-state index is 4.53. The van der Waals surface area contributed by atoms with E-state index in [1.165, 1.54) is 13.1 Å². The van der Waals surface area contributed by atoms with Gasteiger partial charge in [-0.05, 0) is 25.1 Å². The van der Waals surface area contributed by atoms with Crippen molar-refractivity contribution in [3.8, 4) is 0 Å². The zero-order chi connectivity index (χ0) is 14.3. The molecule has 21 heavy (non-hydrogen) atoms. The lowest BCUT2D eigenvalue weighted by molar-refractivity contribution is 0.135. The molecule has 4 heterocycles. The highest BCUT2D eigenvalue weighted by Crippen LogP contribution is 2.03. The Bertz CT molecular complexity index is 503. The van der Waals surface area contributed by atoms with Crippen LogP contribution < -0.4 is 0 Å². The molecule has 0 aromatic carbocycles. The van der Waals surface area contributed by atoms with Crippen LogP contribution in [0.25, 0.3) is 0 Å². The number of nitrogens with zero attached hydrogens (tertiary/aromatic N) is 5. The van der Waals surface area contributed by atoms with Crippen molar-refractivity contribution in [3.05, 3.63) is 29.6 Å². The number of aromatic nitrogens is 1. The van der Waals surface area contributed by atoms with Crippen molar-refractivity contribution in [1.29, 1.82) is 0 Å². The van der Waals surface area contributed by atoms with Crippen LogP contribution in [-0.4, -0.2) is 79.6 Å². The van der Waals surface area contributed by atoms with Crippen LogP contribution in [0, 0.1) is 0 Å². The Hall–Kier alpha value is -1.59. The Morgan fingerprint density at radius 1 is 0.714 bits per heavy atom. The van der Waals surface area contributed by atoms with Gasteiger partial charge < -0.3 is 4.90 Å². The van der Waals surface area contributed by atoms with Crippen molar-refractivity contribution < 1.29 is 0 Å². The largest absolute Gasteiger partial charge is 0.301 e. The van der Waals surface area contributed by atoms with E-state index >= 15 is 0 Å². The lowest BCUT2D eigenvalue weighted by Crippen LogP contribution is -2.47. The molecule has 0 saturated carbocycles. The van der Waals surface area contributed by atoms with Gasteiger partial charge in [-0.1, -0.05) is 6.07 Å². The summed E-state index contributed by atoms with van der Waals surface area (Å²) >= 11 is 0. The van der Waals surface area contributed by atoms with E-state index in [0.29, 0.717) is 0 Å². The molecule has 0 unspecified atom stereocenters. The van der Waals surface area contributed by atoms with Crippen LogP contribution in [-0.2, 0) is 0 Å². The topological polar surface area (TPSA) is 44.1 Å². The van der Waals surface area contributed by atoms with Gasteiger partial charge in [0.05, 0.1) is 17.9 Å². The SMILES string of the molecule is C1=NCCCN2CCN(CCN=Cc3cccc1n3)CC2. The molecular formula is C16H23N5. The van der Waals surface area contributed by atoms with Gasteiger partial charge in [-0.25, -0.2) is 4.98 Å². The number of hydrogen-bond donors (Lipinski definition) is 0. The van der Waals surface area contributed by atoms with Gasteiger partial charge in [0.25, 0.3) is 0 Å². The summed E-state index contributed by atoms with van der Waals surface area (Å²) < 4.78 is 0. The summed E-state index contributed by atoms with van der Waals surface area (Å²) in [5.41, 5.74) is 1.83. The molecule has 5 heteroatoms. The fourth-order valence-electron chi connectivity index (χ4n) is 2.75. The maximum Gasteiger partial charge on any atom is 0.0815 e. The first-order chi connectivity index (χ1) is 10.4. The number of pyridine rings is 1. The van der Waals surface area contributed by atoms with Crippen molar-refractivity contribution in [2.75, 3.05) is 52.4 Å². The Labute approximate surface area is 126 Å². The second-order valence-corrected chi connectivity index (χ2v) is 5.59. The highest BCUT2D eigenvalue weighted by Gasteiger charge is 2.15. The molecule has 0 N–H and O–H groups in total. The minimum atomic E-state index is 0.847. The summed E-state index contributed by atoms with van der Waals surface area (Å²) in [6.07, 6.45) is 4.87. The Morgan fingerprint density at radius 2 is 1.33 bits per heavy atom. The van der Waals surface area contributed by atoms with Gasteiger partial charge in [-0.15, -0.1) is 0 Å². The smallest absolute Gasteiger partial charge is 0.0815 e. The van der Waals surface area contributed by atoms with E-state index in [-0.39, 0.29) is 0 Å². The number of aliphatic imine (C=N–C) groups is 2. The third kappa shape index (κ3) is 4.44. The van der Waals surface area contributed by atoms with Crippen LogP contribution in [0.1, 0.15) is 17.8 Å². The van der Waals surface area contributed by atoms with Gasteiger partial charge in [0.1, 0.15) is 0 Å². The van der Waals surface area contributed by atoms with E-state index in [0.717, 1.165) is 57.1 Å². The first kappa shape index (κ1) is 14.4. The van der Waals surface area contributed by atoms with Crippen LogP contribution >= 0.6 is 0 Å². The van der Waals surface area contributed by atoms with Gasteiger partial charge in [0.2, 0.25) is 0 Å². The number of rotatable bonds is 0. The summed E-state index contributed by atoms with van der Waals surface area (Å²) in [6, 6.07) is 5.99. The molecule has 0 radical (unpaired) electrons. The summed E-state index contributed by atoms with van der Waals surface area (Å²) in [5, 5.41) is 0. The molecule has 0 spiro atoms. The fourth-order valence-corrected chi connectivity index (χ4v) is 2.75. The Morgan fingerprint density at radius 3 is 2.05 bits per heavy atom. The quantitative estimate of drug-likeness (QED) is 0.712. The van der Waals surface area contributed by atoms with Gasteiger partial charge in [0.15, 0.2) is 0 Å².